The van der Waals surface area contributed by atoms with Gasteiger partial charge < -0.3 is 15.7 Å². The average Bonchev–Trinajstić information content (AvgIpc) is 2.25. The lowest BCUT2D eigenvalue weighted by atomic mass is 10.2. The molecule has 1 rings (SSSR count). The molecule has 1 aliphatic heterocycles. The summed E-state index contributed by atoms with van der Waals surface area (Å²) < 4.78 is 0. The third-order valence-electron chi connectivity index (χ3n) is 2.32. The summed E-state index contributed by atoms with van der Waals surface area (Å²) in [5.41, 5.74) is 0. The van der Waals surface area contributed by atoms with E-state index in [2.05, 4.69) is 10.6 Å². The van der Waals surface area contributed by atoms with E-state index < -0.39 is 6.10 Å². The van der Waals surface area contributed by atoms with Crippen molar-refractivity contribution in [2.75, 3.05) is 18.8 Å². The van der Waals surface area contributed by atoms with Crippen molar-refractivity contribution in [1.82, 2.24) is 10.6 Å². The molecule has 4 nitrogen and oxygen atoms in total. The van der Waals surface area contributed by atoms with Crippen molar-refractivity contribution in [1.29, 1.82) is 0 Å². The van der Waals surface area contributed by atoms with E-state index in [1.54, 1.807) is 6.92 Å². The minimum absolute atomic E-state index is 0.179. The van der Waals surface area contributed by atoms with Crippen LogP contribution in [-0.4, -0.2) is 41.3 Å². The average molecular weight is 232 g/mol. The van der Waals surface area contributed by atoms with Gasteiger partial charge in [-0.1, -0.05) is 6.42 Å². The quantitative estimate of drug-likeness (QED) is 0.676. The summed E-state index contributed by atoms with van der Waals surface area (Å²) in [6, 6.07) is -0.179. The van der Waals surface area contributed by atoms with Crippen LogP contribution in [-0.2, 0) is 0 Å². The number of carbonyl (C=O) groups is 1. The highest BCUT2D eigenvalue weighted by Crippen LogP contribution is 2.24. The maximum atomic E-state index is 11.2. The van der Waals surface area contributed by atoms with Gasteiger partial charge in [0.05, 0.1) is 6.10 Å². The maximum absolute atomic E-state index is 11.2. The van der Waals surface area contributed by atoms with Gasteiger partial charge in [-0.05, 0) is 25.5 Å². The molecule has 0 aromatic carbocycles. The standard InChI is InChI=1S/C10H20N2O2S/c1-8(13)6-11-10(14)12-7-9-4-2-3-5-15-9/h8-9,13H,2-7H2,1H3,(H2,11,12,14). The third-order valence-corrected chi connectivity index (χ3v) is 3.72. The van der Waals surface area contributed by atoms with Crippen LogP contribution in [0.1, 0.15) is 26.2 Å². The zero-order chi connectivity index (χ0) is 11.1. The van der Waals surface area contributed by atoms with Crippen LogP contribution in [0, 0.1) is 0 Å². The van der Waals surface area contributed by atoms with E-state index in [1.165, 1.54) is 25.0 Å². The molecule has 0 bridgehead atoms. The molecule has 1 saturated heterocycles. The number of thioether (sulfide) groups is 1. The van der Waals surface area contributed by atoms with Crippen molar-refractivity contribution in [2.45, 2.75) is 37.5 Å². The van der Waals surface area contributed by atoms with E-state index in [9.17, 15) is 4.79 Å². The first kappa shape index (κ1) is 12.6. The Hall–Kier alpha value is -0.420. The molecule has 0 radical (unpaired) electrons. The number of hydrogen-bond donors (Lipinski definition) is 3. The number of urea groups is 1. The van der Waals surface area contributed by atoms with Gasteiger partial charge in [0.25, 0.3) is 0 Å². The van der Waals surface area contributed by atoms with E-state index in [0.717, 1.165) is 6.54 Å². The van der Waals surface area contributed by atoms with Gasteiger partial charge in [-0.2, -0.15) is 11.8 Å². The lowest BCUT2D eigenvalue weighted by Gasteiger charge is -2.21. The molecule has 3 N–H and O–H groups in total. The topological polar surface area (TPSA) is 61.4 Å². The van der Waals surface area contributed by atoms with Gasteiger partial charge in [-0.25, -0.2) is 4.79 Å². The van der Waals surface area contributed by atoms with Crippen LogP contribution in [0.15, 0.2) is 0 Å². The fraction of sp³-hybridized carbons (Fsp3) is 0.900. The number of carbonyl (C=O) groups excluding carboxylic acids is 1. The molecule has 88 valence electrons. The van der Waals surface area contributed by atoms with Gasteiger partial charge in [0.2, 0.25) is 0 Å². The normalized spacial score (nSPS) is 23.2. The number of aliphatic hydroxyl groups is 1. The number of nitrogens with one attached hydrogen (secondary N) is 2. The summed E-state index contributed by atoms with van der Waals surface area (Å²) >= 11 is 1.94. The smallest absolute Gasteiger partial charge is 0.314 e. The van der Waals surface area contributed by atoms with E-state index in [4.69, 9.17) is 5.11 Å². The van der Waals surface area contributed by atoms with E-state index in [-0.39, 0.29) is 6.03 Å². The van der Waals surface area contributed by atoms with Crippen LogP contribution in [0.4, 0.5) is 4.79 Å². The Labute approximate surface area is 95.2 Å². The molecule has 1 aliphatic rings. The molecular formula is C10H20N2O2S. The first-order valence-corrected chi connectivity index (χ1v) is 6.54. The second-order valence-electron chi connectivity index (χ2n) is 3.93. The van der Waals surface area contributed by atoms with Crippen molar-refractivity contribution < 1.29 is 9.90 Å². The van der Waals surface area contributed by atoms with E-state index >= 15 is 0 Å². The van der Waals surface area contributed by atoms with Crippen molar-refractivity contribution in [3.8, 4) is 0 Å². The molecule has 15 heavy (non-hydrogen) atoms. The van der Waals surface area contributed by atoms with Crippen LogP contribution < -0.4 is 10.6 Å². The summed E-state index contributed by atoms with van der Waals surface area (Å²) in [6.07, 6.45) is 3.28. The maximum Gasteiger partial charge on any atom is 0.314 e. The van der Waals surface area contributed by atoms with Gasteiger partial charge >= 0.3 is 6.03 Å². The molecule has 1 heterocycles. The number of hydrogen-bond acceptors (Lipinski definition) is 3. The van der Waals surface area contributed by atoms with Crippen molar-refractivity contribution in [2.24, 2.45) is 0 Å². The van der Waals surface area contributed by atoms with Gasteiger partial charge in [0, 0.05) is 18.3 Å². The van der Waals surface area contributed by atoms with Crippen molar-refractivity contribution >= 4 is 17.8 Å². The molecule has 0 saturated carbocycles. The Bertz CT molecular complexity index is 194. The molecule has 2 atom stereocenters. The predicted octanol–water partition coefficient (Wildman–Crippen LogP) is 0.952. The SMILES string of the molecule is CC(O)CNC(=O)NCC1CCCCS1. The number of amides is 2. The van der Waals surface area contributed by atoms with Crippen LogP contribution in [0.25, 0.3) is 0 Å². The molecule has 0 aliphatic carbocycles. The van der Waals surface area contributed by atoms with Gasteiger partial charge in [-0.3, -0.25) is 0 Å². The minimum Gasteiger partial charge on any atom is -0.392 e. The summed E-state index contributed by atoms with van der Waals surface area (Å²) in [6.45, 7) is 2.69. The van der Waals surface area contributed by atoms with Gasteiger partial charge in [0.15, 0.2) is 0 Å². The monoisotopic (exact) mass is 232 g/mol. The first-order chi connectivity index (χ1) is 7.18. The van der Waals surface area contributed by atoms with Gasteiger partial charge in [-0.15, -0.1) is 0 Å². The van der Waals surface area contributed by atoms with Crippen LogP contribution in [0.3, 0.4) is 0 Å². The Morgan fingerprint density at radius 3 is 2.93 bits per heavy atom. The second-order valence-corrected chi connectivity index (χ2v) is 5.34. The van der Waals surface area contributed by atoms with E-state index in [0.29, 0.717) is 11.8 Å². The fourth-order valence-electron chi connectivity index (χ4n) is 1.48. The lowest BCUT2D eigenvalue weighted by molar-refractivity contribution is 0.187. The Balaban J connectivity index is 2.05. The molecule has 5 heteroatoms. The summed E-state index contributed by atoms with van der Waals surface area (Å²) in [5.74, 6) is 1.21. The first-order valence-electron chi connectivity index (χ1n) is 5.50. The van der Waals surface area contributed by atoms with Crippen LogP contribution >= 0.6 is 11.8 Å². The van der Waals surface area contributed by atoms with Crippen molar-refractivity contribution in [3.63, 3.8) is 0 Å². The molecule has 0 aromatic rings. The largest absolute Gasteiger partial charge is 0.392 e. The lowest BCUT2D eigenvalue weighted by Crippen LogP contribution is -2.41. The zero-order valence-electron chi connectivity index (χ0n) is 9.16. The Morgan fingerprint density at radius 2 is 2.33 bits per heavy atom. The van der Waals surface area contributed by atoms with E-state index in [1.807, 2.05) is 11.8 Å². The van der Waals surface area contributed by atoms with Crippen molar-refractivity contribution in [3.05, 3.63) is 0 Å². The minimum atomic E-state index is -0.486. The molecule has 2 unspecified atom stereocenters. The fourth-order valence-corrected chi connectivity index (χ4v) is 2.72. The molecule has 2 amide bonds. The summed E-state index contributed by atoms with van der Waals surface area (Å²) in [5, 5.41) is 15.0. The van der Waals surface area contributed by atoms with Crippen LogP contribution in [0.2, 0.25) is 0 Å². The van der Waals surface area contributed by atoms with Gasteiger partial charge in [0.1, 0.15) is 0 Å². The molecular weight excluding hydrogens is 212 g/mol. The molecule has 0 spiro atoms. The molecule has 0 aromatic heterocycles. The highest BCUT2D eigenvalue weighted by atomic mass is 32.2. The highest BCUT2D eigenvalue weighted by molar-refractivity contribution is 7.99. The summed E-state index contributed by atoms with van der Waals surface area (Å²) in [4.78, 5) is 11.2. The number of aliphatic hydroxyl groups excluding tert-OH is 1. The zero-order valence-corrected chi connectivity index (χ0v) is 9.98. The van der Waals surface area contributed by atoms with Crippen LogP contribution in [0.5, 0.6) is 0 Å². The Kier molecular flexibility index (Phi) is 5.86. The number of rotatable bonds is 4. The second kappa shape index (κ2) is 6.95. The summed E-state index contributed by atoms with van der Waals surface area (Å²) in [7, 11) is 0. The predicted molar refractivity (Wildman–Crippen MR) is 63.2 cm³/mol. The molecule has 1 fully saturated rings. The highest BCUT2D eigenvalue weighted by Gasteiger charge is 2.14. The third kappa shape index (κ3) is 5.89. The Morgan fingerprint density at radius 1 is 1.53 bits per heavy atom.